The van der Waals surface area contributed by atoms with Gasteiger partial charge in [0, 0.05) is 12.5 Å². The van der Waals surface area contributed by atoms with E-state index in [4.69, 9.17) is 0 Å². The number of hydrogen-bond donors (Lipinski definition) is 1. The molecule has 1 amide bonds. The molecular formula is C8H12N4O. The maximum atomic E-state index is 11.6. The zero-order valence-electron chi connectivity index (χ0n) is 7.74. The van der Waals surface area contributed by atoms with E-state index in [0.717, 1.165) is 12.8 Å². The van der Waals surface area contributed by atoms with E-state index in [0.29, 0.717) is 5.95 Å². The Morgan fingerprint density at radius 1 is 1.69 bits per heavy atom. The van der Waals surface area contributed by atoms with Crippen LogP contribution in [0, 0.1) is 5.41 Å². The maximum absolute atomic E-state index is 11.6. The van der Waals surface area contributed by atoms with E-state index in [1.165, 1.54) is 6.33 Å². The molecule has 0 aliphatic heterocycles. The van der Waals surface area contributed by atoms with Crippen LogP contribution in [-0.4, -0.2) is 20.7 Å². The van der Waals surface area contributed by atoms with Gasteiger partial charge in [0.05, 0.1) is 0 Å². The molecule has 0 unspecified atom stereocenters. The number of rotatable bonds is 2. The van der Waals surface area contributed by atoms with Gasteiger partial charge in [-0.2, -0.15) is 10.1 Å². The molecule has 1 heterocycles. The maximum Gasteiger partial charge on any atom is 0.232 e. The minimum absolute atomic E-state index is 0.0450. The van der Waals surface area contributed by atoms with E-state index in [1.807, 2.05) is 6.92 Å². The first-order valence-electron chi connectivity index (χ1n) is 4.27. The van der Waals surface area contributed by atoms with Crippen LogP contribution in [0.1, 0.15) is 19.8 Å². The SMILES string of the molecule is Cn1ncnc1NC(=O)C1(C)CC1. The molecule has 0 radical (unpaired) electrons. The van der Waals surface area contributed by atoms with Crippen molar-refractivity contribution in [3.8, 4) is 0 Å². The Morgan fingerprint density at radius 3 is 2.85 bits per heavy atom. The van der Waals surface area contributed by atoms with Crippen LogP contribution >= 0.6 is 0 Å². The number of carbonyl (C=O) groups is 1. The summed E-state index contributed by atoms with van der Waals surface area (Å²) in [5, 5.41) is 6.61. The molecule has 0 spiro atoms. The Hall–Kier alpha value is -1.39. The van der Waals surface area contributed by atoms with Gasteiger partial charge < -0.3 is 0 Å². The van der Waals surface area contributed by atoms with Crippen LogP contribution in [0.3, 0.4) is 0 Å². The second-order valence-electron chi connectivity index (χ2n) is 3.72. The Kier molecular flexibility index (Phi) is 1.61. The van der Waals surface area contributed by atoms with Crippen molar-refractivity contribution in [2.75, 3.05) is 5.32 Å². The number of anilines is 1. The van der Waals surface area contributed by atoms with Crippen molar-refractivity contribution in [2.24, 2.45) is 12.5 Å². The average Bonchev–Trinajstić information content (AvgIpc) is 2.72. The van der Waals surface area contributed by atoms with Gasteiger partial charge in [0.1, 0.15) is 6.33 Å². The summed E-state index contributed by atoms with van der Waals surface area (Å²) in [6, 6.07) is 0. The predicted molar refractivity (Wildman–Crippen MR) is 47.0 cm³/mol. The summed E-state index contributed by atoms with van der Waals surface area (Å²) in [5.41, 5.74) is -0.161. The molecule has 0 aromatic carbocycles. The molecule has 1 saturated carbocycles. The van der Waals surface area contributed by atoms with E-state index in [9.17, 15) is 4.79 Å². The van der Waals surface area contributed by atoms with Crippen molar-refractivity contribution in [3.05, 3.63) is 6.33 Å². The third kappa shape index (κ3) is 1.41. The topological polar surface area (TPSA) is 59.8 Å². The molecule has 5 nitrogen and oxygen atoms in total. The summed E-state index contributed by atoms with van der Waals surface area (Å²) in [5.74, 6) is 0.557. The molecule has 70 valence electrons. The summed E-state index contributed by atoms with van der Waals surface area (Å²) in [6.45, 7) is 1.96. The predicted octanol–water partition coefficient (Wildman–Crippen LogP) is 0.554. The monoisotopic (exact) mass is 180 g/mol. The quantitative estimate of drug-likeness (QED) is 0.723. The van der Waals surface area contributed by atoms with Crippen molar-refractivity contribution < 1.29 is 4.79 Å². The zero-order valence-corrected chi connectivity index (χ0v) is 7.74. The molecule has 1 aliphatic rings. The minimum Gasteiger partial charge on any atom is -0.294 e. The van der Waals surface area contributed by atoms with Gasteiger partial charge in [0.25, 0.3) is 0 Å². The van der Waals surface area contributed by atoms with Gasteiger partial charge in [-0.25, -0.2) is 4.68 Å². The largest absolute Gasteiger partial charge is 0.294 e. The second-order valence-corrected chi connectivity index (χ2v) is 3.72. The number of carbonyl (C=O) groups excluding carboxylic acids is 1. The molecule has 2 rings (SSSR count). The highest BCUT2D eigenvalue weighted by Crippen LogP contribution is 2.45. The Balaban J connectivity index is 2.06. The lowest BCUT2D eigenvalue weighted by molar-refractivity contribution is -0.120. The van der Waals surface area contributed by atoms with Crippen LogP contribution < -0.4 is 5.32 Å². The number of hydrogen-bond acceptors (Lipinski definition) is 3. The third-order valence-corrected chi connectivity index (χ3v) is 2.48. The number of nitrogens with zero attached hydrogens (tertiary/aromatic N) is 3. The van der Waals surface area contributed by atoms with E-state index < -0.39 is 0 Å². The first-order valence-corrected chi connectivity index (χ1v) is 4.27. The highest BCUT2D eigenvalue weighted by Gasteiger charge is 2.45. The Bertz CT molecular complexity index is 340. The summed E-state index contributed by atoms with van der Waals surface area (Å²) in [6.07, 6.45) is 3.36. The van der Waals surface area contributed by atoms with Crippen LogP contribution in [0.4, 0.5) is 5.95 Å². The minimum atomic E-state index is -0.161. The van der Waals surface area contributed by atoms with Crippen molar-refractivity contribution in [1.82, 2.24) is 14.8 Å². The smallest absolute Gasteiger partial charge is 0.232 e. The lowest BCUT2D eigenvalue weighted by Gasteiger charge is -2.07. The third-order valence-electron chi connectivity index (χ3n) is 2.48. The summed E-state index contributed by atoms with van der Waals surface area (Å²) < 4.78 is 1.55. The summed E-state index contributed by atoms with van der Waals surface area (Å²) in [7, 11) is 1.75. The molecule has 0 atom stereocenters. The first kappa shape index (κ1) is 8.22. The molecule has 1 aromatic rings. The van der Waals surface area contributed by atoms with Gasteiger partial charge >= 0.3 is 0 Å². The summed E-state index contributed by atoms with van der Waals surface area (Å²) in [4.78, 5) is 15.5. The van der Waals surface area contributed by atoms with Gasteiger partial charge in [-0.1, -0.05) is 6.92 Å². The normalized spacial score (nSPS) is 18.3. The molecule has 1 fully saturated rings. The Labute approximate surface area is 76.2 Å². The van der Waals surface area contributed by atoms with E-state index in [2.05, 4.69) is 15.4 Å². The first-order chi connectivity index (χ1) is 6.12. The number of nitrogens with one attached hydrogen (secondary N) is 1. The lowest BCUT2D eigenvalue weighted by atomic mass is 10.1. The molecule has 0 saturated heterocycles. The van der Waals surface area contributed by atoms with Gasteiger partial charge in [-0.05, 0) is 12.8 Å². The van der Waals surface area contributed by atoms with Gasteiger partial charge in [-0.3, -0.25) is 10.1 Å². The van der Waals surface area contributed by atoms with E-state index >= 15 is 0 Å². The molecular weight excluding hydrogens is 168 g/mol. The standard InChI is InChI=1S/C8H12N4O/c1-8(3-4-8)6(13)11-7-9-5-10-12(7)2/h5H,3-4H2,1-2H3,(H,9,10,11,13). The van der Waals surface area contributed by atoms with E-state index in [-0.39, 0.29) is 11.3 Å². The lowest BCUT2D eigenvalue weighted by Crippen LogP contribution is -2.23. The Morgan fingerprint density at radius 2 is 2.38 bits per heavy atom. The molecule has 0 bridgehead atoms. The van der Waals surface area contributed by atoms with Crippen LogP contribution in [-0.2, 0) is 11.8 Å². The zero-order chi connectivity index (χ0) is 9.47. The van der Waals surface area contributed by atoms with Gasteiger partial charge in [0.2, 0.25) is 11.9 Å². The molecule has 13 heavy (non-hydrogen) atoms. The van der Waals surface area contributed by atoms with Crippen LogP contribution in [0.5, 0.6) is 0 Å². The highest BCUT2D eigenvalue weighted by molar-refractivity contribution is 5.95. The molecule has 1 N–H and O–H groups in total. The van der Waals surface area contributed by atoms with Crippen molar-refractivity contribution >= 4 is 11.9 Å². The fourth-order valence-electron chi connectivity index (χ4n) is 1.08. The van der Waals surface area contributed by atoms with Crippen molar-refractivity contribution in [3.63, 3.8) is 0 Å². The van der Waals surface area contributed by atoms with Gasteiger partial charge in [0.15, 0.2) is 0 Å². The van der Waals surface area contributed by atoms with Crippen LogP contribution in [0.25, 0.3) is 0 Å². The average molecular weight is 180 g/mol. The number of aromatic nitrogens is 3. The van der Waals surface area contributed by atoms with Crippen LogP contribution in [0.2, 0.25) is 0 Å². The molecule has 5 heteroatoms. The summed E-state index contributed by atoms with van der Waals surface area (Å²) >= 11 is 0. The fourth-order valence-corrected chi connectivity index (χ4v) is 1.08. The van der Waals surface area contributed by atoms with E-state index in [1.54, 1.807) is 11.7 Å². The highest BCUT2D eigenvalue weighted by atomic mass is 16.2. The van der Waals surface area contributed by atoms with Crippen molar-refractivity contribution in [1.29, 1.82) is 0 Å². The fraction of sp³-hybridized carbons (Fsp3) is 0.625. The number of amides is 1. The van der Waals surface area contributed by atoms with Crippen molar-refractivity contribution in [2.45, 2.75) is 19.8 Å². The van der Waals surface area contributed by atoms with Gasteiger partial charge in [-0.15, -0.1) is 0 Å². The number of aryl methyl sites for hydroxylation is 1. The molecule has 1 aromatic heterocycles. The van der Waals surface area contributed by atoms with Crippen LogP contribution in [0.15, 0.2) is 6.33 Å². The molecule has 1 aliphatic carbocycles. The second kappa shape index (κ2) is 2.55.